The minimum absolute atomic E-state index is 0.178. The Hall–Kier alpha value is -2.21. The molecule has 1 aliphatic heterocycles. The molecule has 6 heteroatoms. The van der Waals surface area contributed by atoms with Crippen LogP contribution < -0.4 is 5.32 Å². The highest BCUT2D eigenvalue weighted by Gasteiger charge is 2.54. The summed E-state index contributed by atoms with van der Waals surface area (Å²) in [5.74, 6) is 1.35. The summed E-state index contributed by atoms with van der Waals surface area (Å²) in [6.45, 7) is 3.22. The van der Waals surface area contributed by atoms with Crippen LogP contribution in [-0.4, -0.2) is 39.1 Å². The lowest BCUT2D eigenvalue weighted by atomic mass is 9.80. The minimum atomic E-state index is -0.227. The third-order valence-electron chi connectivity index (χ3n) is 5.52. The Labute approximate surface area is 141 Å². The number of hydrogen-bond acceptors (Lipinski definition) is 4. The molecule has 126 valence electrons. The predicted octanol–water partition coefficient (Wildman–Crippen LogP) is 1.72. The largest absolute Gasteiger partial charge is 0.348 e. The summed E-state index contributed by atoms with van der Waals surface area (Å²) < 4.78 is 0. The first kappa shape index (κ1) is 15.3. The van der Waals surface area contributed by atoms with Crippen molar-refractivity contribution in [3.8, 4) is 0 Å². The van der Waals surface area contributed by atoms with Crippen LogP contribution in [0.25, 0.3) is 0 Å². The van der Waals surface area contributed by atoms with Crippen molar-refractivity contribution in [1.29, 1.82) is 0 Å². The summed E-state index contributed by atoms with van der Waals surface area (Å²) in [5.41, 5.74) is 1.09. The Bertz CT molecular complexity index is 687. The number of benzene rings is 1. The third-order valence-corrected chi connectivity index (χ3v) is 5.52. The number of H-pyrrole nitrogens is 1. The standard InChI is InChI=1S/C18H23N5O/c24-17(19-9-16-20-13-21-22-16)18-8-4-7-15(18)11-23(12-18)10-14-5-2-1-3-6-14/h1-3,5-6,13,15H,4,7-12H2,(H,19,24)(H,20,21,22)/t15-,18-/m1/s1. The van der Waals surface area contributed by atoms with E-state index in [9.17, 15) is 4.79 Å². The van der Waals surface area contributed by atoms with Gasteiger partial charge in [0.05, 0.1) is 12.0 Å². The fraction of sp³-hybridized carbons (Fsp3) is 0.500. The van der Waals surface area contributed by atoms with Crippen LogP contribution in [0, 0.1) is 11.3 Å². The molecule has 1 aliphatic carbocycles. The van der Waals surface area contributed by atoms with Crippen molar-refractivity contribution in [2.45, 2.75) is 32.4 Å². The first-order valence-electron chi connectivity index (χ1n) is 8.65. The summed E-state index contributed by atoms with van der Waals surface area (Å²) in [5, 5.41) is 9.70. The number of aromatic nitrogens is 3. The highest BCUT2D eigenvalue weighted by atomic mass is 16.2. The molecule has 0 bridgehead atoms. The first-order chi connectivity index (χ1) is 11.8. The molecule has 2 N–H and O–H groups in total. The maximum atomic E-state index is 12.9. The summed E-state index contributed by atoms with van der Waals surface area (Å²) in [7, 11) is 0. The van der Waals surface area contributed by atoms with Crippen molar-refractivity contribution in [3.63, 3.8) is 0 Å². The third kappa shape index (κ3) is 2.82. The molecule has 2 heterocycles. The molecule has 2 aliphatic rings. The number of likely N-dealkylation sites (tertiary alicyclic amines) is 1. The van der Waals surface area contributed by atoms with Crippen LogP contribution in [0.4, 0.5) is 0 Å². The Balaban J connectivity index is 1.43. The molecule has 6 nitrogen and oxygen atoms in total. The lowest BCUT2D eigenvalue weighted by Gasteiger charge is -2.27. The van der Waals surface area contributed by atoms with E-state index in [0.717, 1.165) is 38.9 Å². The van der Waals surface area contributed by atoms with E-state index >= 15 is 0 Å². The highest BCUT2D eigenvalue weighted by molar-refractivity contribution is 5.84. The van der Waals surface area contributed by atoms with Gasteiger partial charge in [0.1, 0.15) is 12.2 Å². The molecule has 2 fully saturated rings. The zero-order valence-electron chi connectivity index (χ0n) is 13.7. The fourth-order valence-corrected chi connectivity index (χ4v) is 4.38. The Morgan fingerprint density at radius 2 is 2.25 bits per heavy atom. The summed E-state index contributed by atoms with van der Waals surface area (Å²) in [4.78, 5) is 19.5. The number of aromatic amines is 1. The number of nitrogens with one attached hydrogen (secondary N) is 2. The second kappa shape index (κ2) is 6.36. The molecular formula is C18H23N5O. The van der Waals surface area contributed by atoms with Crippen molar-refractivity contribution >= 4 is 5.91 Å². The smallest absolute Gasteiger partial charge is 0.228 e. The van der Waals surface area contributed by atoms with Gasteiger partial charge in [-0.15, -0.1) is 0 Å². The van der Waals surface area contributed by atoms with Crippen molar-refractivity contribution in [1.82, 2.24) is 25.4 Å². The van der Waals surface area contributed by atoms with Crippen LogP contribution in [0.1, 0.15) is 30.7 Å². The average molecular weight is 325 g/mol. The van der Waals surface area contributed by atoms with Gasteiger partial charge in [0.25, 0.3) is 0 Å². The summed E-state index contributed by atoms with van der Waals surface area (Å²) in [6.07, 6.45) is 4.76. The second-order valence-electron chi connectivity index (χ2n) is 7.02. The normalized spacial score (nSPS) is 26.4. The molecular weight excluding hydrogens is 302 g/mol. The van der Waals surface area contributed by atoms with E-state index < -0.39 is 0 Å². The maximum absolute atomic E-state index is 12.9. The molecule has 24 heavy (non-hydrogen) atoms. The number of rotatable bonds is 5. The van der Waals surface area contributed by atoms with E-state index in [1.54, 1.807) is 0 Å². The molecule has 2 atom stereocenters. The van der Waals surface area contributed by atoms with Gasteiger partial charge < -0.3 is 5.32 Å². The van der Waals surface area contributed by atoms with E-state index in [4.69, 9.17) is 0 Å². The number of hydrogen-bond donors (Lipinski definition) is 2. The fourth-order valence-electron chi connectivity index (χ4n) is 4.38. The Morgan fingerprint density at radius 3 is 3.04 bits per heavy atom. The van der Waals surface area contributed by atoms with Crippen molar-refractivity contribution < 1.29 is 4.79 Å². The van der Waals surface area contributed by atoms with E-state index in [1.807, 2.05) is 6.07 Å². The van der Waals surface area contributed by atoms with E-state index in [2.05, 4.69) is 49.7 Å². The number of nitrogens with zero attached hydrogens (tertiary/aromatic N) is 3. The first-order valence-corrected chi connectivity index (χ1v) is 8.65. The highest BCUT2D eigenvalue weighted by Crippen LogP contribution is 2.49. The summed E-state index contributed by atoms with van der Waals surface area (Å²) >= 11 is 0. The zero-order chi connectivity index (χ0) is 16.4. The maximum Gasteiger partial charge on any atom is 0.228 e. The van der Waals surface area contributed by atoms with Crippen molar-refractivity contribution in [2.75, 3.05) is 13.1 Å². The second-order valence-corrected chi connectivity index (χ2v) is 7.02. The van der Waals surface area contributed by atoms with Crippen LogP contribution in [0.5, 0.6) is 0 Å². The van der Waals surface area contributed by atoms with Crippen LogP contribution >= 0.6 is 0 Å². The van der Waals surface area contributed by atoms with E-state index in [0.29, 0.717) is 18.3 Å². The van der Waals surface area contributed by atoms with Gasteiger partial charge in [-0.25, -0.2) is 4.98 Å². The SMILES string of the molecule is O=C(NCc1ncn[nH]1)[C@@]12CCC[C@@H]1CN(Cc1ccccc1)C2. The number of carbonyl (C=O) groups is 1. The number of carbonyl (C=O) groups excluding carboxylic acids is 1. The van der Waals surface area contributed by atoms with Gasteiger partial charge in [-0.2, -0.15) is 5.10 Å². The summed E-state index contributed by atoms with van der Waals surface area (Å²) in [6, 6.07) is 10.5. The minimum Gasteiger partial charge on any atom is -0.348 e. The molecule has 1 aromatic carbocycles. The van der Waals surface area contributed by atoms with Crippen molar-refractivity contribution in [3.05, 3.63) is 48.0 Å². The van der Waals surface area contributed by atoms with Crippen LogP contribution in [0.2, 0.25) is 0 Å². The lowest BCUT2D eigenvalue weighted by molar-refractivity contribution is -0.131. The van der Waals surface area contributed by atoms with Crippen LogP contribution in [0.15, 0.2) is 36.7 Å². The number of amides is 1. The molecule has 1 saturated heterocycles. The van der Waals surface area contributed by atoms with E-state index in [-0.39, 0.29) is 11.3 Å². The zero-order valence-corrected chi connectivity index (χ0v) is 13.7. The predicted molar refractivity (Wildman–Crippen MR) is 89.7 cm³/mol. The quantitative estimate of drug-likeness (QED) is 0.878. The van der Waals surface area contributed by atoms with Crippen LogP contribution in [-0.2, 0) is 17.9 Å². The Morgan fingerprint density at radius 1 is 1.38 bits per heavy atom. The van der Waals surface area contributed by atoms with Crippen molar-refractivity contribution in [2.24, 2.45) is 11.3 Å². The van der Waals surface area contributed by atoms with Crippen LogP contribution in [0.3, 0.4) is 0 Å². The average Bonchev–Trinajstić information content (AvgIpc) is 3.29. The molecule has 1 saturated carbocycles. The molecule has 0 spiro atoms. The molecule has 0 unspecified atom stereocenters. The van der Waals surface area contributed by atoms with Gasteiger partial charge >= 0.3 is 0 Å². The number of fused-ring (bicyclic) bond motifs is 1. The Kier molecular flexibility index (Phi) is 4.06. The van der Waals surface area contributed by atoms with Gasteiger partial charge in [-0.3, -0.25) is 14.8 Å². The lowest BCUT2D eigenvalue weighted by Crippen LogP contribution is -2.44. The molecule has 1 aromatic heterocycles. The molecule has 0 radical (unpaired) electrons. The molecule has 4 rings (SSSR count). The van der Waals surface area contributed by atoms with Gasteiger partial charge in [0.15, 0.2) is 0 Å². The van der Waals surface area contributed by atoms with Gasteiger partial charge in [0.2, 0.25) is 5.91 Å². The topological polar surface area (TPSA) is 73.9 Å². The van der Waals surface area contributed by atoms with Gasteiger partial charge in [0, 0.05) is 19.6 Å². The molecule has 2 aromatic rings. The van der Waals surface area contributed by atoms with E-state index in [1.165, 1.54) is 11.9 Å². The van der Waals surface area contributed by atoms with Gasteiger partial charge in [-0.1, -0.05) is 36.8 Å². The molecule has 1 amide bonds. The van der Waals surface area contributed by atoms with Gasteiger partial charge in [-0.05, 0) is 24.3 Å². The monoisotopic (exact) mass is 325 g/mol.